The van der Waals surface area contributed by atoms with Gasteiger partial charge in [-0.3, -0.25) is 0 Å². The van der Waals surface area contributed by atoms with Gasteiger partial charge in [-0.1, -0.05) is 48.0 Å². The Kier molecular flexibility index (Phi) is 5.62. The van der Waals surface area contributed by atoms with E-state index in [1.807, 2.05) is 0 Å². The highest BCUT2D eigenvalue weighted by Gasteiger charge is 2.24. The van der Waals surface area contributed by atoms with Crippen molar-refractivity contribution in [3.63, 3.8) is 0 Å². The Morgan fingerprint density at radius 3 is 2.00 bits per heavy atom. The maximum absolute atomic E-state index is 3.59. The van der Waals surface area contributed by atoms with Crippen molar-refractivity contribution in [2.75, 3.05) is 6.54 Å². The van der Waals surface area contributed by atoms with Crippen molar-refractivity contribution in [3.8, 4) is 0 Å². The SMILES string of the molecule is CCNC(CC(C)CC)C(C)(C)C. The van der Waals surface area contributed by atoms with Crippen molar-refractivity contribution in [1.82, 2.24) is 5.32 Å². The van der Waals surface area contributed by atoms with Gasteiger partial charge in [0.15, 0.2) is 0 Å². The minimum Gasteiger partial charge on any atom is -0.314 e. The van der Waals surface area contributed by atoms with E-state index in [1.54, 1.807) is 0 Å². The van der Waals surface area contributed by atoms with Gasteiger partial charge in [-0.25, -0.2) is 0 Å². The lowest BCUT2D eigenvalue weighted by Gasteiger charge is -2.33. The van der Waals surface area contributed by atoms with E-state index in [9.17, 15) is 0 Å². The highest BCUT2D eigenvalue weighted by molar-refractivity contribution is 4.81. The predicted octanol–water partition coefficient (Wildman–Crippen LogP) is 3.45. The van der Waals surface area contributed by atoms with Crippen molar-refractivity contribution < 1.29 is 0 Å². The first kappa shape index (κ1) is 13.0. The van der Waals surface area contributed by atoms with Gasteiger partial charge in [0.05, 0.1) is 0 Å². The average molecular weight is 185 g/mol. The van der Waals surface area contributed by atoms with Gasteiger partial charge in [0.2, 0.25) is 0 Å². The molecule has 2 atom stereocenters. The van der Waals surface area contributed by atoms with Crippen molar-refractivity contribution in [2.24, 2.45) is 11.3 Å². The molecule has 13 heavy (non-hydrogen) atoms. The lowest BCUT2D eigenvalue weighted by Crippen LogP contribution is -2.41. The summed E-state index contributed by atoms with van der Waals surface area (Å²) in [5.74, 6) is 0.836. The fourth-order valence-corrected chi connectivity index (χ4v) is 1.56. The lowest BCUT2D eigenvalue weighted by molar-refractivity contribution is 0.230. The quantitative estimate of drug-likeness (QED) is 0.692. The summed E-state index contributed by atoms with van der Waals surface area (Å²) in [4.78, 5) is 0. The van der Waals surface area contributed by atoms with E-state index >= 15 is 0 Å². The molecule has 1 N–H and O–H groups in total. The minimum absolute atomic E-state index is 0.388. The van der Waals surface area contributed by atoms with Gasteiger partial charge in [-0.05, 0) is 24.3 Å². The number of hydrogen-bond acceptors (Lipinski definition) is 1. The first-order chi connectivity index (χ1) is 5.91. The molecule has 0 bridgehead atoms. The minimum atomic E-state index is 0.388. The second-order valence-electron chi connectivity index (χ2n) is 5.23. The molecule has 0 radical (unpaired) electrons. The van der Waals surface area contributed by atoms with E-state index in [2.05, 4.69) is 46.9 Å². The zero-order chi connectivity index (χ0) is 10.5. The topological polar surface area (TPSA) is 12.0 Å². The molecule has 0 aromatic heterocycles. The Bertz CT molecular complexity index is 124. The first-order valence-electron chi connectivity index (χ1n) is 5.65. The molecule has 0 aliphatic heterocycles. The van der Waals surface area contributed by atoms with Gasteiger partial charge in [0, 0.05) is 6.04 Å². The Hall–Kier alpha value is -0.0400. The maximum atomic E-state index is 3.59. The third kappa shape index (κ3) is 5.30. The lowest BCUT2D eigenvalue weighted by atomic mass is 9.81. The molecule has 0 saturated carbocycles. The molecule has 0 heterocycles. The summed E-state index contributed by atoms with van der Waals surface area (Å²) in [5.41, 5.74) is 0.388. The van der Waals surface area contributed by atoms with Crippen LogP contribution in [0.3, 0.4) is 0 Å². The molecule has 0 aliphatic rings. The second kappa shape index (κ2) is 5.64. The molecule has 0 aromatic carbocycles. The van der Waals surface area contributed by atoms with Crippen LogP contribution in [0, 0.1) is 11.3 Å². The molecule has 0 amide bonds. The Labute approximate surface area is 84.3 Å². The van der Waals surface area contributed by atoms with Crippen LogP contribution in [0.1, 0.15) is 54.4 Å². The van der Waals surface area contributed by atoms with E-state index in [0.717, 1.165) is 12.5 Å². The molecule has 0 aliphatic carbocycles. The summed E-state index contributed by atoms with van der Waals surface area (Å²) in [5, 5.41) is 3.59. The van der Waals surface area contributed by atoms with Crippen LogP contribution in [-0.4, -0.2) is 12.6 Å². The van der Waals surface area contributed by atoms with E-state index in [-0.39, 0.29) is 0 Å². The molecule has 1 nitrogen and oxygen atoms in total. The van der Waals surface area contributed by atoms with Gasteiger partial charge in [-0.2, -0.15) is 0 Å². The van der Waals surface area contributed by atoms with E-state index in [0.29, 0.717) is 11.5 Å². The molecule has 0 rings (SSSR count). The van der Waals surface area contributed by atoms with E-state index in [4.69, 9.17) is 0 Å². The summed E-state index contributed by atoms with van der Waals surface area (Å²) in [6.07, 6.45) is 2.59. The normalized spacial score (nSPS) is 17.1. The second-order valence-corrected chi connectivity index (χ2v) is 5.23. The Morgan fingerprint density at radius 2 is 1.69 bits per heavy atom. The van der Waals surface area contributed by atoms with Crippen LogP contribution >= 0.6 is 0 Å². The predicted molar refractivity (Wildman–Crippen MR) is 61.0 cm³/mol. The standard InChI is InChI=1S/C12H27N/c1-7-10(3)9-11(13-8-2)12(4,5)6/h10-11,13H,7-9H2,1-6H3. The molecule has 2 unspecified atom stereocenters. The Balaban J connectivity index is 4.10. The summed E-state index contributed by atoms with van der Waals surface area (Å²) in [7, 11) is 0. The molecule has 0 fully saturated rings. The van der Waals surface area contributed by atoms with Gasteiger partial charge < -0.3 is 5.32 Å². The fraction of sp³-hybridized carbons (Fsp3) is 1.00. The van der Waals surface area contributed by atoms with Gasteiger partial charge in [0.25, 0.3) is 0 Å². The maximum Gasteiger partial charge on any atom is 0.0118 e. The molecule has 0 aromatic rings. The first-order valence-corrected chi connectivity index (χ1v) is 5.65. The summed E-state index contributed by atoms with van der Waals surface area (Å²) in [6.45, 7) is 14.9. The molecular formula is C12H27N. The number of rotatable bonds is 5. The van der Waals surface area contributed by atoms with Crippen LogP contribution in [0.15, 0.2) is 0 Å². The molecule has 1 heteroatoms. The summed E-state index contributed by atoms with van der Waals surface area (Å²) >= 11 is 0. The van der Waals surface area contributed by atoms with Gasteiger partial charge >= 0.3 is 0 Å². The van der Waals surface area contributed by atoms with Crippen LogP contribution in [0.5, 0.6) is 0 Å². The van der Waals surface area contributed by atoms with Crippen LogP contribution < -0.4 is 5.32 Å². The fourth-order valence-electron chi connectivity index (χ4n) is 1.56. The van der Waals surface area contributed by atoms with Gasteiger partial charge in [0.1, 0.15) is 0 Å². The van der Waals surface area contributed by atoms with Crippen LogP contribution in [0.2, 0.25) is 0 Å². The van der Waals surface area contributed by atoms with Crippen molar-refractivity contribution in [1.29, 1.82) is 0 Å². The highest BCUT2D eigenvalue weighted by atomic mass is 14.9. The largest absolute Gasteiger partial charge is 0.314 e. The monoisotopic (exact) mass is 185 g/mol. The zero-order valence-electron chi connectivity index (χ0n) is 10.3. The number of hydrogen-bond donors (Lipinski definition) is 1. The summed E-state index contributed by atoms with van der Waals surface area (Å²) < 4.78 is 0. The third-order valence-corrected chi connectivity index (χ3v) is 2.83. The molecule has 80 valence electrons. The van der Waals surface area contributed by atoms with E-state index < -0.39 is 0 Å². The Morgan fingerprint density at radius 1 is 1.15 bits per heavy atom. The molecular weight excluding hydrogens is 158 g/mol. The van der Waals surface area contributed by atoms with Crippen molar-refractivity contribution in [3.05, 3.63) is 0 Å². The highest BCUT2D eigenvalue weighted by Crippen LogP contribution is 2.25. The number of nitrogens with one attached hydrogen (secondary N) is 1. The third-order valence-electron chi connectivity index (χ3n) is 2.83. The van der Waals surface area contributed by atoms with Crippen molar-refractivity contribution in [2.45, 2.75) is 60.4 Å². The summed E-state index contributed by atoms with van der Waals surface area (Å²) in [6, 6.07) is 0.660. The molecule has 0 spiro atoms. The van der Waals surface area contributed by atoms with E-state index in [1.165, 1.54) is 12.8 Å². The van der Waals surface area contributed by atoms with Gasteiger partial charge in [-0.15, -0.1) is 0 Å². The van der Waals surface area contributed by atoms with Crippen LogP contribution in [-0.2, 0) is 0 Å². The average Bonchev–Trinajstić information content (AvgIpc) is 2.01. The smallest absolute Gasteiger partial charge is 0.0118 e. The molecule has 0 saturated heterocycles. The van der Waals surface area contributed by atoms with Crippen molar-refractivity contribution >= 4 is 0 Å². The van der Waals surface area contributed by atoms with Crippen LogP contribution in [0.25, 0.3) is 0 Å². The zero-order valence-corrected chi connectivity index (χ0v) is 10.3. The van der Waals surface area contributed by atoms with Crippen LogP contribution in [0.4, 0.5) is 0 Å².